The summed E-state index contributed by atoms with van der Waals surface area (Å²) in [5.41, 5.74) is 0.330. The van der Waals surface area contributed by atoms with E-state index in [-0.39, 0.29) is 18.0 Å². The van der Waals surface area contributed by atoms with Crippen LogP contribution in [0.25, 0.3) is 0 Å². The molecule has 1 aromatic heterocycles. The van der Waals surface area contributed by atoms with E-state index in [1.165, 1.54) is 14.2 Å². The third kappa shape index (κ3) is 3.42. The van der Waals surface area contributed by atoms with Crippen molar-refractivity contribution in [2.45, 2.75) is 39.8 Å². The second-order valence-corrected chi connectivity index (χ2v) is 5.68. The number of halogens is 1. The van der Waals surface area contributed by atoms with E-state index in [4.69, 9.17) is 9.47 Å². The Labute approximate surface area is 128 Å². The summed E-state index contributed by atoms with van der Waals surface area (Å²) >= 11 is 3.30. The van der Waals surface area contributed by atoms with E-state index in [2.05, 4.69) is 20.9 Å². The van der Waals surface area contributed by atoms with Crippen molar-refractivity contribution in [1.82, 2.24) is 9.88 Å². The minimum Gasteiger partial charge on any atom is -0.493 e. The number of carbonyl (C=O) groups is 1. The number of pyridine rings is 1. The number of ether oxygens (including phenoxy) is 2. The van der Waals surface area contributed by atoms with Gasteiger partial charge in [-0.15, -0.1) is 0 Å². The maximum Gasteiger partial charge on any atom is 0.273 e. The van der Waals surface area contributed by atoms with Gasteiger partial charge < -0.3 is 14.4 Å². The number of methoxy groups -OCH3 is 2. The van der Waals surface area contributed by atoms with Gasteiger partial charge in [0, 0.05) is 18.2 Å². The number of hydrogen-bond donors (Lipinski definition) is 0. The second-order valence-electron chi connectivity index (χ2n) is 4.93. The second kappa shape index (κ2) is 6.92. The lowest BCUT2D eigenvalue weighted by Crippen LogP contribution is -2.42. The standard InChI is InChI=1S/C14H21BrN2O3/c1-8(2)17(9(3)4)14(18)10-7-11(19-5)12(20-6)13(15)16-10/h7-9H,1-6H3. The Morgan fingerprint density at radius 3 is 2.15 bits per heavy atom. The molecule has 1 amide bonds. The van der Waals surface area contributed by atoms with Crippen LogP contribution >= 0.6 is 15.9 Å². The first kappa shape index (κ1) is 16.8. The summed E-state index contributed by atoms with van der Waals surface area (Å²) in [6.45, 7) is 7.92. The Hall–Kier alpha value is -1.30. The van der Waals surface area contributed by atoms with E-state index < -0.39 is 0 Å². The normalized spacial score (nSPS) is 10.8. The topological polar surface area (TPSA) is 51.7 Å². The molecule has 0 aromatic carbocycles. The molecule has 0 bridgehead atoms. The van der Waals surface area contributed by atoms with Gasteiger partial charge in [0.25, 0.3) is 5.91 Å². The number of nitrogens with zero attached hydrogens (tertiary/aromatic N) is 2. The van der Waals surface area contributed by atoms with Gasteiger partial charge in [0.15, 0.2) is 16.1 Å². The molecule has 0 spiro atoms. The minimum atomic E-state index is -0.128. The van der Waals surface area contributed by atoms with E-state index in [0.717, 1.165) is 0 Å². The molecule has 0 aliphatic rings. The molecule has 0 N–H and O–H groups in total. The van der Waals surface area contributed by atoms with Crippen molar-refractivity contribution in [2.75, 3.05) is 14.2 Å². The van der Waals surface area contributed by atoms with Crippen molar-refractivity contribution in [2.24, 2.45) is 0 Å². The maximum atomic E-state index is 12.6. The van der Waals surface area contributed by atoms with E-state index >= 15 is 0 Å². The minimum absolute atomic E-state index is 0.0937. The zero-order valence-corrected chi connectivity index (χ0v) is 14.3. The molecule has 5 nitrogen and oxygen atoms in total. The highest BCUT2D eigenvalue weighted by molar-refractivity contribution is 9.10. The molecule has 0 aliphatic carbocycles. The smallest absolute Gasteiger partial charge is 0.273 e. The van der Waals surface area contributed by atoms with Gasteiger partial charge >= 0.3 is 0 Å². The highest BCUT2D eigenvalue weighted by Gasteiger charge is 2.25. The molecule has 0 saturated carbocycles. The maximum absolute atomic E-state index is 12.6. The summed E-state index contributed by atoms with van der Waals surface area (Å²) in [6, 6.07) is 1.79. The molecule has 0 unspecified atom stereocenters. The molecule has 1 aromatic rings. The van der Waals surface area contributed by atoms with Gasteiger partial charge in [-0.3, -0.25) is 4.79 Å². The summed E-state index contributed by atoms with van der Waals surface area (Å²) in [5, 5.41) is 0. The summed E-state index contributed by atoms with van der Waals surface area (Å²) < 4.78 is 10.9. The average Bonchev–Trinajstić information content (AvgIpc) is 2.36. The molecule has 1 rings (SSSR count). The molecule has 6 heteroatoms. The molecule has 20 heavy (non-hydrogen) atoms. The van der Waals surface area contributed by atoms with Gasteiger partial charge in [0.2, 0.25) is 0 Å². The van der Waals surface area contributed by atoms with Gasteiger partial charge in [0.1, 0.15) is 5.69 Å². The van der Waals surface area contributed by atoms with Gasteiger partial charge in [0.05, 0.1) is 14.2 Å². The molecule has 0 aliphatic heterocycles. The van der Waals surface area contributed by atoms with E-state index in [9.17, 15) is 4.79 Å². The summed E-state index contributed by atoms with van der Waals surface area (Å²) in [4.78, 5) is 18.6. The zero-order valence-electron chi connectivity index (χ0n) is 12.7. The number of aromatic nitrogens is 1. The van der Waals surface area contributed by atoms with Crippen LogP contribution in [0.5, 0.6) is 11.5 Å². The van der Waals surface area contributed by atoms with Crippen LogP contribution in [-0.2, 0) is 0 Å². The lowest BCUT2D eigenvalue weighted by Gasteiger charge is -2.30. The summed E-state index contributed by atoms with van der Waals surface area (Å²) in [5.74, 6) is 0.825. The molecule has 0 fully saturated rings. The van der Waals surface area contributed by atoms with Crippen molar-refractivity contribution in [3.63, 3.8) is 0 Å². The third-order valence-electron chi connectivity index (χ3n) is 2.89. The van der Waals surface area contributed by atoms with Crippen LogP contribution in [0.4, 0.5) is 0 Å². The third-order valence-corrected chi connectivity index (χ3v) is 3.43. The number of carbonyl (C=O) groups excluding carboxylic acids is 1. The molecule has 1 heterocycles. The summed E-state index contributed by atoms with van der Waals surface area (Å²) in [7, 11) is 3.06. The SMILES string of the molecule is COc1cc(C(=O)N(C(C)C)C(C)C)nc(Br)c1OC. The van der Waals surface area contributed by atoms with Crippen molar-refractivity contribution in [3.05, 3.63) is 16.4 Å². The molecule has 112 valence electrons. The van der Waals surface area contributed by atoms with Gasteiger partial charge in [-0.25, -0.2) is 4.98 Å². The Bertz CT molecular complexity index is 482. The quantitative estimate of drug-likeness (QED) is 0.770. The van der Waals surface area contributed by atoms with Crippen molar-refractivity contribution in [3.8, 4) is 11.5 Å². The number of hydrogen-bond acceptors (Lipinski definition) is 4. The van der Waals surface area contributed by atoms with Crippen molar-refractivity contribution < 1.29 is 14.3 Å². The van der Waals surface area contributed by atoms with Crippen molar-refractivity contribution in [1.29, 1.82) is 0 Å². The molecule has 0 atom stereocenters. The highest BCUT2D eigenvalue weighted by atomic mass is 79.9. The molecule has 0 radical (unpaired) electrons. The molecule has 0 saturated heterocycles. The van der Waals surface area contributed by atoms with Gasteiger partial charge in [-0.2, -0.15) is 0 Å². The van der Waals surface area contributed by atoms with Crippen LogP contribution in [0.15, 0.2) is 10.7 Å². The van der Waals surface area contributed by atoms with E-state index in [1.54, 1.807) is 11.0 Å². The van der Waals surface area contributed by atoms with Gasteiger partial charge in [-0.05, 0) is 43.6 Å². The zero-order chi connectivity index (χ0) is 15.4. The fourth-order valence-electron chi connectivity index (χ4n) is 2.12. The van der Waals surface area contributed by atoms with Crippen LogP contribution in [0.1, 0.15) is 38.2 Å². The fraction of sp³-hybridized carbons (Fsp3) is 0.571. The Balaban J connectivity index is 3.26. The van der Waals surface area contributed by atoms with Crippen LogP contribution in [-0.4, -0.2) is 42.1 Å². The van der Waals surface area contributed by atoms with Crippen LogP contribution in [0.3, 0.4) is 0 Å². The lowest BCUT2D eigenvalue weighted by atomic mass is 10.2. The Morgan fingerprint density at radius 2 is 1.75 bits per heavy atom. The first-order chi connectivity index (χ1) is 9.33. The molecular weight excluding hydrogens is 324 g/mol. The van der Waals surface area contributed by atoms with Crippen LogP contribution < -0.4 is 9.47 Å². The van der Waals surface area contributed by atoms with E-state index in [0.29, 0.717) is 21.8 Å². The number of rotatable bonds is 5. The van der Waals surface area contributed by atoms with Crippen molar-refractivity contribution >= 4 is 21.8 Å². The first-order valence-electron chi connectivity index (χ1n) is 6.44. The number of amides is 1. The predicted molar refractivity (Wildman–Crippen MR) is 81.5 cm³/mol. The van der Waals surface area contributed by atoms with Crippen LogP contribution in [0.2, 0.25) is 0 Å². The van der Waals surface area contributed by atoms with Gasteiger partial charge in [-0.1, -0.05) is 0 Å². The largest absolute Gasteiger partial charge is 0.493 e. The fourth-order valence-corrected chi connectivity index (χ4v) is 2.67. The highest BCUT2D eigenvalue weighted by Crippen LogP contribution is 2.34. The average molecular weight is 345 g/mol. The first-order valence-corrected chi connectivity index (χ1v) is 7.23. The molecular formula is C14H21BrN2O3. The Morgan fingerprint density at radius 1 is 1.20 bits per heavy atom. The summed E-state index contributed by atoms with van der Waals surface area (Å²) in [6.07, 6.45) is 0. The Kier molecular flexibility index (Phi) is 5.80. The lowest BCUT2D eigenvalue weighted by molar-refractivity contribution is 0.0636. The van der Waals surface area contributed by atoms with Crippen LogP contribution in [0, 0.1) is 0 Å². The van der Waals surface area contributed by atoms with E-state index in [1.807, 2.05) is 27.7 Å². The monoisotopic (exact) mass is 344 g/mol. The predicted octanol–water partition coefficient (Wildman–Crippen LogP) is 3.12.